The van der Waals surface area contributed by atoms with Gasteiger partial charge in [0, 0.05) is 22.9 Å². The first-order chi connectivity index (χ1) is 14.5. The molecule has 1 amide bonds. The smallest absolute Gasteiger partial charge is 0.289 e. The second-order valence-electron chi connectivity index (χ2n) is 8.25. The zero-order valence-electron chi connectivity index (χ0n) is 16.9. The number of rotatable bonds is 3. The Morgan fingerprint density at radius 3 is 2.87 bits per heavy atom. The van der Waals surface area contributed by atoms with Gasteiger partial charge in [0.1, 0.15) is 5.58 Å². The molecule has 0 radical (unpaired) electrons. The molecule has 3 heterocycles. The molecule has 2 aromatic heterocycles. The van der Waals surface area contributed by atoms with Crippen molar-refractivity contribution >= 4 is 45.5 Å². The van der Waals surface area contributed by atoms with Crippen molar-refractivity contribution in [2.75, 3.05) is 12.4 Å². The Bertz CT molecular complexity index is 1130. The highest BCUT2D eigenvalue weighted by atomic mass is 35.5. The molecule has 2 N–H and O–H groups in total. The second kappa shape index (κ2) is 7.36. The maximum Gasteiger partial charge on any atom is 0.289 e. The minimum Gasteiger partial charge on any atom is -0.450 e. The average Bonchev–Trinajstić information content (AvgIpc) is 3.37. The molecule has 5 nitrogen and oxygen atoms in total. The number of furan rings is 1. The molecule has 1 aromatic carbocycles. The van der Waals surface area contributed by atoms with E-state index in [4.69, 9.17) is 16.0 Å². The zero-order chi connectivity index (χ0) is 20.9. The van der Waals surface area contributed by atoms with E-state index in [-0.39, 0.29) is 11.4 Å². The number of amides is 1. The lowest BCUT2D eigenvalue weighted by Gasteiger charge is -2.44. The van der Waals surface area contributed by atoms with Crippen LogP contribution in [-0.4, -0.2) is 17.9 Å². The van der Waals surface area contributed by atoms with Gasteiger partial charge in [-0.1, -0.05) is 43.5 Å². The molecule has 1 aliphatic carbocycles. The van der Waals surface area contributed by atoms with E-state index in [1.165, 1.54) is 6.42 Å². The molecule has 1 fully saturated rings. The van der Waals surface area contributed by atoms with E-state index < -0.39 is 0 Å². The molecule has 7 heteroatoms. The molecule has 156 valence electrons. The normalized spacial score (nSPS) is 17.5. The van der Waals surface area contributed by atoms with Crippen molar-refractivity contribution in [2.45, 2.75) is 44.2 Å². The number of hydrogen-bond donors (Lipinski definition) is 2. The molecule has 0 unspecified atom stereocenters. The Balaban J connectivity index is 1.59. The second-order valence-corrected chi connectivity index (χ2v) is 9.69. The van der Waals surface area contributed by atoms with Crippen LogP contribution in [0.1, 0.15) is 53.1 Å². The minimum absolute atomic E-state index is 0.136. The average molecular weight is 442 g/mol. The summed E-state index contributed by atoms with van der Waals surface area (Å²) in [4.78, 5) is 15.9. The highest BCUT2D eigenvalue weighted by Gasteiger charge is 2.42. The SMILES string of the molecule is C=C1Nc2c(Cl)cc3cc(C(=O)N(C)Cc4cccs4)oc3c2C2(CCCCC2)N1. The highest BCUT2D eigenvalue weighted by molar-refractivity contribution is 7.09. The summed E-state index contributed by atoms with van der Waals surface area (Å²) in [6, 6.07) is 7.71. The van der Waals surface area contributed by atoms with E-state index in [2.05, 4.69) is 17.2 Å². The van der Waals surface area contributed by atoms with Crippen molar-refractivity contribution in [3.8, 4) is 0 Å². The lowest BCUT2D eigenvalue weighted by molar-refractivity contribution is 0.0757. The third kappa shape index (κ3) is 3.19. The predicted octanol–water partition coefficient (Wildman–Crippen LogP) is 6.07. The first-order valence-electron chi connectivity index (χ1n) is 10.3. The standard InChI is InChI=1S/C23H24ClN3O2S/c1-14-25-20-17(24)11-15-12-18(22(28)27(2)13-16-7-6-10-30-16)29-21(15)19(20)23(26-14)8-4-3-5-9-23/h6-7,10-12,25-26H,1,3-5,8-9,13H2,2H3. The van der Waals surface area contributed by atoms with Crippen LogP contribution in [0.2, 0.25) is 5.02 Å². The molecule has 0 saturated heterocycles. The number of nitrogens with zero attached hydrogens (tertiary/aromatic N) is 1. The van der Waals surface area contributed by atoms with Crippen LogP contribution in [0.25, 0.3) is 11.0 Å². The van der Waals surface area contributed by atoms with E-state index in [1.54, 1.807) is 23.3 Å². The number of halogens is 1. The fourth-order valence-electron chi connectivity index (χ4n) is 4.79. The third-order valence-corrected chi connectivity index (χ3v) is 7.30. The largest absolute Gasteiger partial charge is 0.450 e. The topological polar surface area (TPSA) is 57.5 Å². The van der Waals surface area contributed by atoms with E-state index >= 15 is 0 Å². The molecule has 2 aliphatic rings. The van der Waals surface area contributed by atoms with Crippen LogP contribution in [0.4, 0.5) is 5.69 Å². The number of benzene rings is 1. The fourth-order valence-corrected chi connectivity index (χ4v) is 5.81. The Hall–Kier alpha value is -2.44. The number of fused-ring (bicyclic) bond motifs is 4. The van der Waals surface area contributed by atoms with Crippen molar-refractivity contribution in [1.82, 2.24) is 10.2 Å². The summed E-state index contributed by atoms with van der Waals surface area (Å²) < 4.78 is 6.23. The van der Waals surface area contributed by atoms with E-state index in [0.717, 1.165) is 58.6 Å². The Labute approximate surface area is 184 Å². The van der Waals surface area contributed by atoms with Crippen LogP contribution in [0.5, 0.6) is 0 Å². The van der Waals surface area contributed by atoms with Gasteiger partial charge < -0.3 is 20.0 Å². The van der Waals surface area contributed by atoms with Gasteiger partial charge in [0.05, 0.1) is 28.6 Å². The lowest BCUT2D eigenvalue weighted by atomic mass is 9.74. The highest BCUT2D eigenvalue weighted by Crippen LogP contribution is 2.49. The predicted molar refractivity (Wildman–Crippen MR) is 122 cm³/mol. The van der Waals surface area contributed by atoms with Crippen LogP contribution in [0, 0.1) is 0 Å². The van der Waals surface area contributed by atoms with Gasteiger partial charge in [-0.05, 0) is 36.4 Å². The van der Waals surface area contributed by atoms with Crippen molar-refractivity contribution < 1.29 is 9.21 Å². The summed E-state index contributed by atoms with van der Waals surface area (Å²) in [7, 11) is 1.80. The maximum atomic E-state index is 13.1. The zero-order valence-corrected chi connectivity index (χ0v) is 18.5. The number of carbonyl (C=O) groups excluding carboxylic acids is 1. The molecule has 3 aromatic rings. The fraction of sp³-hybridized carbons (Fsp3) is 0.348. The first-order valence-corrected chi connectivity index (χ1v) is 11.5. The van der Waals surface area contributed by atoms with Crippen LogP contribution < -0.4 is 10.6 Å². The van der Waals surface area contributed by atoms with Gasteiger partial charge in [-0.2, -0.15) is 0 Å². The van der Waals surface area contributed by atoms with Crippen LogP contribution >= 0.6 is 22.9 Å². The van der Waals surface area contributed by atoms with Gasteiger partial charge in [0.15, 0.2) is 5.76 Å². The van der Waals surface area contributed by atoms with Gasteiger partial charge in [-0.3, -0.25) is 4.79 Å². The van der Waals surface area contributed by atoms with E-state index in [1.807, 2.05) is 29.6 Å². The van der Waals surface area contributed by atoms with Gasteiger partial charge in [0.2, 0.25) is 0 Å². The number of thiophene rings is 1. The van der Waals surface area contributed by atoms with E-state index in [0.29, 0.717) is 17.3 Å². The van der Waals surface area contributed by atoms with Gasteiger partial charge >= 0.3 is 0 Å². The van der Waals surface area contributed by atoms with E-state index in [9.17, 15) is 4.79 Å². The summed E-state index contributed by atoms with van der Waals surface area (Å²) in [5.41, 5.74) is 2.34. The summed E-state index contributed by atoms with van der Waals surface area (Å²) >= 11 is 8.31. The quantitative estimate of drug-likeness (QED) is 0.518. The number of carbonyl (C=O) groups is 1. The molecule has 1 saturated carbocycles. The molecular formula is C23H24ClN3O2S. The monoisotopic (exact) mass is 441 g/mol. The molecular weight excluding hydrogens is 418 g/mol. The molecule has 1 spiro atoms. The Kier molecular flexibility index (Phi) is 4.79. The van der Waals surface area contributed by atoms with Gasteiger partial charge in [0.25, 0.3) is 5.91 Å². The lowest BCUT2D eigenvalue weighted by Crippen LogP contribution is -2.48. The van der Waals surface area contributed by atoms with Gasteiger partial charge in [-0.25, -0.2) is 0 Å². The van der Waals surface area contributed by atoms with Gasteiger partial charge in [-0.15, -0.1) is 11.3 Å². The van der Waals surface area contributed by atoms with Crippen molar-refractivity contribution in [3.05, 3.63) is 63.3 Å². The number of hydrogen-bond acceptors (Lipinski definition) is 5. The molecule has 0 bridgehead atoms. The summed E-state index contributed by atoms with van der Waals surface area (Å²) in [5, 5.41) is 10.4. The molecule has 30 heavy (non-hydrogen) atoms. The van der Waals surface area contributed by atoms with Crippen molar-refractivity contribution in [1.29, 1.82) is 0 Å². The van der Waals surface area contributed by atoms with Crippen LogP contribution in [-0.2, 0) is 12.1 Å². The van der Waals surface area contributed by atoms with Crippen LogP contribution in [0.15, 0.2) is 46.5 Å². The Morgan fingerprint density at radius 2 is 2.13 bits per heavy atom. The van der Waals surface area contributed by atoms with Crippen molar-refractivity contribution in [3.63, 3.8) is 0 Å². The number of nitrogens with one attached hydrogen (secondary N) is 2. The first kappa shape index (κ1) is 19.5. The summed E-state index contributed by atoms with van der Waals surface area (Å²) in [6.45, 7) is 4.66. The summed E-state index contributed by atoms with van der Waals surface area (Å²) in [6.07, 6.45) is 5.45. The summed E-state index contributed by atoms with van der Waals surface area (Å²) in [5.74, 6) is 0.955. The molecule has 0 atom stereocenters. The third-order valence-electron chi connectivity index (χ3n) is 6.14. The molecule has 5 rings (SSSR count). The van der Waals surface area contributed by atoms with Crippen LogP contribution in [0.3, 0.4) is 0 Å². The number of anilines is 1. The molecule has 1 aliphatic heterocycles. The van der Waals surface area contributed by atoms with Crippen molar-refractivity contribution in [2.24, 2.45) is 0 Å². The maximum absolute atomic E-state index is 13.1. The minimum atomic E-state index is -0.264. The Morgan fingerprint density at radius 1 is 1.33 bits per heavy atom.